The van der Waals surface area contributed by atoms with Crippen LogP contribution in [0.4, 0.5) is 4.39 Å². The molecule has 0 amide bonds. The molecule has 2 nitrogen and oxygen atoms in total. The lowest BCUT2D eigenvalue weighted by Gasteiger charge is -2.42. The zero-order valence-electron chi connectivity index (χ0n) is 11.9. The summed E-state index contributed by atoms with van der Waals surface area (Å²) in [5.74, 6) is 0.232. The average molecular weight is 297 g/mol. The van der Waals surface area contributed by atoms with Gasteiger partial charge in [0.15, 0.2) is 0 Å². The summed E-state index contributed by atoms with van der Waals surface area (Å²) < 4.78 is 14.5. The van der Waals surface area contributed by atoms with Crippen molar-refractivity contribution < 1.29 is 4.39 Å². The molecule has 1 saturated carbocycles. The summed E-state index contributed by atoms with van der Waals surface area (Å²) in [5, 5.41) is 3.51. The minimum Gasteiger partial charge on any atom is -0.319 e. The summed E-state index contributed by atoms with van der Waals surface area (Å²) in [5.41, 5.74) is 0.782. The van der Waals surface area contributed by atoms with E-state index in [1.54, 1.807) is 6.07 Å². The van der Waals surface area contributed by atoms with Gasteiger partial charge in [-0.25, -0.2) is 4.39 Å². The van der Waals surface area contributed by atoms with E-state index in [0.29, 0.717) is 12.0 Å². The van der Waals surface area contributed by atoms with E-state index in [1.807, 2.05) is 19.2 Å². The first-order valence-corrected chi connectivity index (χ1v) is 7.94. The molecule has 3 rings (SSSR count). The van der Waals surface area contributed by atoms with Gasteiger partial charge in [0.1, 0.15) is 5.82 Å². The first-order valence-electron chi connectivity index (χ1n) is 7.56. The molecule has 1 aromatic rings. The van der Waals surface area contributed by atoms with Crippen LogP contribution in [-0.4, -0.2) is 31.1 Å². The van der Waals surface area contributed by atoms with Gasteiger partial charge in [0.05, 0.1) is 5.02 Å². The van der Waals surface area contributed by atoms with Gasteiger partial charge in [-0.2, -0.15) is 0 Å². The minimum absolute atomic E-state index is 0.169. The number of halogens is 2. The molecule has 2 aliphatic rings. The predicted molar refractivity (Wildman–Crippen MR) is 80.5 cm³/mol. The molecule has 4 heteroatoms. The Morgan fingerprint density at radius 3 is 2.85 bits per heavy atom. The number of nitrogens with zero attached hydrogens (tertiary/aromatic N) is 1. The fourth-order valence-electron chi connectivity index (χ4n) is 3.58. The Kier molecular flexibility index (Phi) is 4.29. The number of hydrogen-bond donors (Lipinski definition) is 1. The quantitative estimate of drug-likeness (QED) is 0.913. The second-order valence-corrected chi connectivity index (χ2v) is 6.42. The largest absolute Gasteiger partial charge is 0.319 e. The van der Waals surface area contributed by atoms with Crippen molar-refractivity contribution in [3.8, 4) is 0 Å². The Bertz CT molecular complexity index is 474. The molecule has 2 fully saturated rings. The van der Waals surface area contributed by atoms with Crippen LogP contribution in [0, 0.1) is 11.7 Å². The van der Waals surface area contributed by atoms with Gasteiger partial charge in [-0.15, -0.1) is 0 Å². The summed E-state index contributed by atoms with van der Waals surface area (Å²) in [6.45, 7) is 2.02. The molecule has 0 aromatic heterocycles. The van der Waals surface area contributed by atoms with Crippen LogP contribution in [0.15, 0.2) is 18.2 Å². The molecule has 0 spiro atoms. The van der Waals surface area contributed by atoms with Crippen molar-refractivity contribution in [1.82, 2.24) is 10.2 Å². The van der Waals surface area contributed by atoms with E-state index in [4.69, 9.17) is 11.6 Å². The predicted octanol–water partition coefficient (Wildman–Crippen LogP) is 3.61. The third kappa shape index (κ3) is 2.72. The van der Waals surface area contributed by atoms with E-state index >= 15 is 0 Å². The summed E-state index contributed by atoms with van der Waals surface area (Å²) in [6, 6.07) is 6.24. The van der Waals surface area contributed by atoms with Crippen LogP contribution in [0.1, 0.15) is 37.3 Å². The molecule has 0 radical (unpaired) electrons. The van der Waals surface area contributed by atoms with Crippen molar-refractivity contribution >= 4 is 11.6 Å². The van der Waals surface area contributed by atoms with Gasteiger partial charge in [-0.3, -0.25) is 4.90 Å². The maximum absolute atomic E-state index is 14.5. The summed E-state index contributed by atoms with van der Waals surface area (Å²) in [7, 11) is 1.97. The standard InChI is InChI=1S/C16H22ClFN2/c1-19-10-11-4-3-9-20(12-7-8-12)16(11)13-5-2-6-14(17)15(13)18/h2,5-6,11-12,16,19H,3-4,7-10H2,1H3. The zero-order valence-corrected chi connectivity index (χ0v) is 12.7. The van der Waals surface area contributed by atoms with E-state index in [0.717, 1.165) is 25.1 Å². The molecule has 110 valence electrons. The lowest BCUT2D eigenvalue weighted by atomic mass is 9.84. The fourth-order valence-corrected chi connectivity index (χ4v) is 3.76. The van der Waals surface area contributed by atoms with E-state index in [1.165, 1.54) is 19.3 Å². The van der Waals surface area contributed by atoms with Crippen molar-refractivity contribution in [1.29, 1.82) is 0 Å². The number of piperidine rings is 1. The van der Waals surface area contributed by atoms with E-state index in [2.05, 4.69) is 10.2 Å². The van der Waals surface area contributed by atoms with Crippen LogP contribution in [0.25, 0.3) is 0 Å². The van der Waals surface area contributed by atoms with Crippen LogP contribution < -0.4 is 5.32 Å². The number of nitrogens with one attached hydrogen (secondary N) is 1. The molecular formula is C16H22ClFN2. The van der Waals surface area contributed by atoms with Crippen molar-refractivity contribution in [2.75, 3.05) is 20.1 Å². The first-order chi connectivity index (χ1) is 9.72. The molecule has 1 N–H and O–H groups in total. The number of hydrogen-bond acceptors (Lipinski definition) is 2. The molecule has 1 aromatic carbocycles. The van der Waals surface area contributed by atoms with Crippen molar-refractivity contribution in [3.05, 3.63) is 34.6 Å². The van der Waals surface area contributed by atoms with Gasteiger partial charge in [0.2, 0.25) is 0 Å². The molecule has 1 aliphatic heterocycles. The highest BCUT2D eigenvalue weighted by atomic mass is 35.5. The lowest BCUT2D eigenvalue weighted by Crippen LogP contribution is -2.43. The molecule has 20 heavy (non-hydrogen) atoms. The van der Waals surface area contributed by atoms with Gasteiger partial charge < -0.3 is 5.32 Å². The third-order valence-electron chi connectivity index (χ3n) is 4.58. The first kappa shape index (κ1) is 14.3. The highest BCUT2D eigenvalue weighted by Crippen LogP contribution is 2.43. The van der Waals surface area contributed by atoms with Crippen LogP contribution in [-0.2, 0) is 0 Å². The van der Waals surface area contributed by atoms with Crippen LogP contribution in [0.2, 0.25) is 5.02 Å². The van der Waals surface area contributed by atoms with Crippen molar-refractivity contribution in [3.63, 3.8) is 0 Å². The maximum Gasteiger partial charge on any atom is 0.146 e. The van der Waals surface area contributed by atoms with Gasteiger partial charge in [-0.05, 0) is 57.8 Å². The topological polar surface area (TPSA) is 15.3 Å². The molecule has 2 unspecified atom stereocenters. The van der Waals surface area contributed by atoms with E-state index in [9.17, 15) is 4.39 Å². The summed E-state index contributed by atoms with van der Waals surface area (Å²) in [4.78, 5) is 2.51. The van der Waals surface area contributed by atoms with Gasteiger partial charge in [-0.1, -0.05) is 23.7 Å². The van der Waals surface area contributed by atoms with Gasteiger partial charge in [0, 0.05) is 17.6 Å². The lowest BCUT2D eigenvalue weighted by molar-refractivity contribution is 0.0819. The van der Waals surface area contributed by atoms with Crippen molar-refractivity contribution in [2.45, 2.75) is 37.8 Å². The molecule has 1 saturated heterocycles. The van der Waals surface area contributed by atoms with Crippen LogP contribution >= 0.6 is 11.6 Å². The SMILES string of the molecule is CNCC1CCCN(C2CC2)C1c1cccc(Cl)c1F. The highest BCUT2D eigenvalue weighted by molar-refractivity contribution is 6.30. The number of likely N-dealkylation sites (tertiary alicyclic amines) is 1. The summed E-state index contributed by atoms with van der Waals surface area (Å²) in [6.07, 6.45) is 4.87. The minimum atomic E-state index is -0.229. The van der Waals surface area contributed by atoms with Crippen LogP contribution in [0.5, 0.6) is 0 Å². The van der Waals surface area contributed by atoms with Crippen LogP contribution in [0.3, 0.4) is 0 Å². The molecule has 1 heterocycles. The van der Waals surface area contributed by atoms with Gasteiger partial charge >= 0.3 is 0 Å². The Morgan fingerprint density at radius 1 is 1.35 bits per heavy atom. The van der Waals surface area contributed by atoms with Gasteiger partial charge in [0.25, 0.3) is 0 Å². The molecular weight excluding hydrogens is 275 g/mol. The highest BCUT2D eigenvalue weighted by Gasteiger charge is 2.41. The Balaban J connectivity index is 1.96. The molecule has 0 bridgehead atoms. The normalized spacial score (nSPS) is 27.8. The Labute approximate surface area is 125 Å². The number of benzene rings is 1. The summed E-state index contributed by atoms with van der Waals surface area (Å²) >= 11 is 5.99. The smallest absolute Gasteiger partial charge is 0.146 e. The zero-order chi connectivity index (χ0) is 14.1. The average Bonchev–Trinajstić information content (AvgIpc) is 3.27. The van der Waals surface area contributed by atoms with Crippen molar-refractivity contribution in [2.24, 2.45) is 5.92 Å². The molecule has 2 atom stereocenters. The second kappa shape index (κ2) is 6.00. The monoisotopic (exact) mass is 296 g/mol. The Morgan fingerprint density at radius 2 is 2.15 bits per heavy atom. The maximum atomic E-state index is 14.5. The third-order valence-corrected chi connectivity index (χ3v) is 4.87. The number of rotatable bonds is 4. The Hall–Kier alpha value is -0.640. The molecule has 1 aliphatic carbocycles. The second-order valence-electron chi connectivity index (χ2n) is 6.02. The van der Waals surface area contributed by atoms with E-state index in [-0.39, 0.29) is 16.9 Å². The fraction of sp³-hybridized carbons (Fsp3) is 0.625. The van der Waals surface area contributed by atoms with E-state index < -0.39 is 0 Å².